The van der Waals surface area contributed by atoms with Gasteiger partial charge in [0.1, 0.15) is 0 Å². The first-order valence-corrected chi connectivity index (χ1v) is 6.03. The predicted octanol–water partition coefficient (Wildman–Crippen LogP) is -0.687. The minimum atomic E-state index is -0.265. The van der Waals surface area contributed by atoms with Crippen molar-refractivity contribution in [3.63, 3.8) is 0 Å². The Hall–Kier alpha value is -0.650. The van der Waals surface area contributed by atoms with Crippen molar-refractivity contribution in [1.29, 1.82) is 0 Å². The number of carbonyl (C=O) groups is 1. The van der Waals surface area contributed by atoms with E-state index in [0.29, 0.717) is 12.2 Å². The van der Waals surface area contributed by atoms with Crippen molar-refractivity contribution in [3.05, 3.63) is 0 Å². The van der Waals surface area contributed by atoms with Gasteiger partial charge in [0, 0.05) is 19.6 Å². The normalized spacial score (nSPS) is 31.6. The fourth-order valence-electron chi connectivity index (χ4n) is 2.62. The van der Waals surface area contributed by atoms with Crippen LogP contribution in [-0.2, 0) is 9.53 Å². The number of primary amides is 1. The number of amides is 1. The van der Waals surface area contributed by atoms with Gasteiger partial charge in [-0.05, 0) is 26.3 Å². The molecule has 0 aromatic carbocycles. The number of hydrogen-bond acceptors (Lipinski definition) is 4. The standard InChI is InChI=1S/C11H21N3O2/c1-13-10(11(12)15)4-5-14-6-8-2-3-9(7-14)16-8/h8-10,13H,2-7H2,1H3,(H2,12,15). The molecule has 92 valence electrons. The lowest BCUT2D eigenvalue weighted by Gasteiger charge is -2.32. The van der Waals surface area contributed by atoms with E-state index >= 15 is 0 Å². The van der Waals surface area contributed by atoms with Crippen LogP contribution in [0.15, 0.2) is 0 Å². The first kappa shape index (κ1) is 11.8. The molecule has 0 aromatic rings. The maximum absolute atomic E-state index is 11.1. The van der Waals surface area contributed by atoms with Crippen LogP contribution >= 0.6 is 0 Å². The Morgan fingerprint density at radius 2 is 2.12 bits per heavy atom. The number of likely N-dealkylation sites (tertiary alicyclic amines) is 1. The average Bonchev–Trinajstić information content (AvgIpc) is 2.58. The van der Waals surface area contributed by atoms with Crippen LogP contribution in [0.2, 0.25) is 0 Å². The molecule has 0 saturated carbocycles. The second-order valence-corrected chi connectivity index (χ2v) is 4.75. The summed E-state index contributed by atoms with van der Waals surface area (Å²) in [5, 5.41) is 2.95. The van der Waals surface area contributed by atoms with Crippen molar-refractivity contribution in [2.45, 2.75) is 37.5 Å². The number of morpholine rings is 1. The van der Waals surface area contributed by atoms with E-state index in [2.05, 4.69) is 10.2 Å². The molecule has 5 nitrogen and oxygen atoms in total. The van der Waals surface area contributed by atoms with E-state index in [1.54, 1.807) is 7.05 Å². The van der Waals surface area contributed by atoms with Crippen LogP contribution in [0.3, 0.4) is 0 Å². The zero-order valence-electron chi connectivity index (χ0n) is 9.82. The second-order valence-electron chi connectivity index (χ2n) is 4.75. The lowest BCUT2D eigenvalue weighted by Crippen LogP contribution is -2.46. The molecule has 3 N–H and O–H groups in total. The molecule has 1 amide bonds. The van der Waals surface area contributed by atoms with Gasteiger partial charge in [0.25, 0.3) is 0 Å². The SMILES string of the molecule is CNC(CCN1CC2CCC(C1)O2)C(N)=O. The Morgan fingerprint density at radius 1 is 1.50 bits per heavy atom. The Kier molecular flexibility index (Phi) is 3.78. The Balaban J connectivity index is 1.75. The largest absolute Gasteiger partial charge is 0.372 e. The van der Waals surface area contributed by atoms with Crippen molar-refractivity contribution < 1.29 is 9.53 Å². The van der Waals surface area contributed by atoms with Crippen LogP contribution in [-0.4, -0.2) is 55.7 Å². The number of fused-ring (bicyclic) bond motifs is 2. The predicted molar refractivity (Wildman–Crippen MR) is 61.0 cm³/mol. The van der Waals surface area contributed by atoms with E-state index in [1.807, 2.05) is 0 Å². The summed E-state index contributed by atoms with van der Waals surface area (Å²) in [6.45, 7) is 2.93. The van der Waals surface area contributed by atoms with E-state index < -0.39 is 0 Å². The fraction of sp³-hybridized carbons (Fsp3) is 0.909. The molecule has 0 aliphatic carbocycles. The number of hydrogen-bond donors (Lipinski definition) is 2. The van der Waals surface area contributed by atoms with Gasteiger partial charge < -0.3 is 15.8 Å². The van der Waals surface area contributed by atoms with Crippen LogP contribution in [0.5, 0.6) is 0 Å². The van der Waals surface area contributed by atoms with Crippen molar-refractivity contribution in [3.8, 4) is 0 Å². The lowest BCUT2D eigenvalue weighted by atomic mass is 10.2. The third-order valence-corrected chi connectivity index (χ3v) is 3.55. The summed E-state index contributed by atoms with van der Waals surface area (Å²) in [5.74, 6) is -0.265. The van der Waals surface area contributed by atoms with Gasteiger partial charge in [-0.3, -0.25) is 9.69 Å². The van der Waals surface area contributed by atoms with E-state index in [4.69, 9.17) is 10.5 Å². The minimum Gasteiger partial charge on any atom is -0.372 e. The van der Waals surface area contributed by atoms with Crippen LogP contribution in [0.1, 0.15) is 19.3 Å². The van der Waals surface area contributed by atoms with E-state index in [0.717, 1.165) is 26.1 Å². The average molecular weight is 227 g/mol. The number of nitrogens with zero attached hydrogens (tertiary/aromatic N) is 1. The molecule has 2 aliphatic heterocycles. The van der Waals surface area contributed by atoms with Crippen molar-refractivity contribution in [2.75, 3.05) is 26.7 Å². The summed E-state index contributed by atoms with van der Waals surface area (Å²) >= 11 is 0. The molecule has 2 heterocycles. The molecule has 3 unspecified atom stereocenters. The van der Waals surface area contributed by atoms with Crippen LogP contribution in [0.25, 0.3) is 0 Å². The zero-order valence-corrected chi connectivity index (χ0v) is 9.82. The number of rotatable bonds is 5. The van der Waals surface area contributed by atoms with Gasteiger partial charge in [-0.25, -0.2) is 0 Å². The summed E-state index contributed by atoms with van der Waals surface area (Å²) in [7, 11) is 1.78. The molecule has 0 spiro atoms. The van der Waals surface area contributed by atoms with E-state index in [1.165, 1.54) is 12.8 Å². The smallest absolute Gasteiger partial charge is 0.234 e. The Bertz CT molecular complexity index is 248. The van der Waals surface area contributed by atoms with Gasteiger partial charge in [-0.1, -0.05) is 0 Å². The summed E-state index contributed by atoms with van der Waals surface area (Å²) in [6.07, 6.45) is 3.99. The maximum atomic E-state index is 11.1. The van der Waals surface area contributed by atoms with Gasteiger partial charge in [0.05, 0.1) is 18.2 Å². The molecule has 2 bridgehead atoms. The molecule has 2 fully saturated rings. The maximum Gasteiger partial charge on any atom is 0.234 e. The highest BCUT2D eigenvalue weighted by Crippen LogP contribution is 2.26. The molecule has 2 aliphatic rings. The number of ether oxygens (including phenoxy) is 1. The zero-order chi connectivity index (χ0) is 11.5. The summed E-state index contributed by atoms with van der Waals surface area (Å²) in [4.78, 5) is 13.4. The number of likely N-dealkylation sites (N-methyl/N-ethyl adjacent to an activating group) is 1. The summed E-state index contributed by atoms with van der Waals surface area (Å²) in [6, 6.07) is -0.208. The Labute approximate surface area is 96.3 Å². The Morgan fingerprint density at radius 3 is 2.62 bits per heavy atom. The van der Waals surface area contributed by atoms with Gasteiger partial charge >= 0.3 is 0 Å². The van der Waals surface area contributed by atoms with Crippen molar-refractivity contribution >= 4 is 5.91 Å². The monoisotopic (exact) mass is 227 g/mol. The summed E-state index contributed by atoms with van der Waals surface area (Å²) in [5.41, 5.74) is 5.29. The number of nitrogens with one attached hydrogen (secondary N) is 1. The third-order valence-electron chi connectivity index (χ3n) is 3.55. The first-order chi connectivity index (χ1) is 7.69. The van der Waals surface area contributed by atoms with Crippen molar-refractivity contribution in [2.24, 2.45) is 5.73 Å². The quantitative estimate of drug-likeness (QED) is 0.652. The molecule has 3 atom stereocenters. The molecule has 2 saturated heterocycles. The van der Waals surface area contributed by atoms with Gasteiger partial charge in [-0.2, -0.15) is 0 Å². The minimum absolute atomic E-state index is 0.208. The second kappa shape index (κ2) is 5.12. The number of nitrogens with two attached hydrogens (primary N) is 1. The molecule has 0 aromatic heterocycles. The fourth-order valence-corrected chi connectivity index (χ4v) is 2.62. The van der Waals surface area contributed by atoms with E-state index in [9.17, 15) is 4.79 Å². The summed E-state index contributed by atoms with van der Waals surface area (Å²) < 4.78 is 5.76. The molecular weight excluding hydrogens is 206 g/mol. The highest BCUT2D eigenvalue weighted by molar-refractivity contribution is 5.79. The molecule has 0 radical (unpaired) electrons. The topological polar surface area (TPSA) is 67.6 Å². The van der Waals surface area contributed by atoms with E-state index in [-0.39, 0.29) is 11.9 Å². The van der Waals surface area contributed by atoms with Crippen LogP contribution < -0.4 is 11.1 Å². The molecule has 5 heteroatoms. The van der Waals surface area contributed by atoms with Crippen LogP contribution in [0, 0.1) is 0 Å². The van der Waals surface area contributed by atoms with Gasteiger partial charge in [0.15, 0.2) is 0 Å². The highest BCUT2D eigenvalue weighted by atomic mass is 16.5. The first-order valence-electron chi connectivity index (χ1n) is 6.03. The highest BCUT2D eigenvalue weighted by Gasteiger charge is 2.33. The lowest BCUT2D eigenvalue weighted by molar-refractivity contribution is -0.120. The third kappa shape index (κ3) is 2.72. The van der Waals surface area contributed by atoms with Crippen LogP contribution in [0.4, 0.5) is 0 Å². The molecule has 16 heavy (non-hydrogen) atoms. The number of carbonyl (C=O) groups excluding carboxylic acids is 1. The molecular formula is C11H21N3O2. The van der Waals surface area contributed by atoms with Crippen molar-refractivity contribution in [1.82, 2.24) is 10.2 Å². The molecule has 2 rings (SSSR count). The van der Waals surface area contributed by atoms with Gasteiger partial charge in [0.2, 0.25) is 5.91 Å². The van der Waals surface area contributed by atoms with Gasteiger partial charge in [-0.15, -0.1) is 0 Å².